The summed E-state index contributed by atoms with van der Waals surface area (Å²) in [6, 6.07) is 93.5. The molecular weight excluding hydrogens is 1140 g/mol. The van der Waals surface area contributed by atoms with Gasteiger partial charge >= 0.3 is 0 Å². The van der Waals surface area contributed by atoms with E-state index in [1.807, 2.05) is 252 Å². The molecule has 5 heterocycles. The summed E-state index contributed by atoms with van der Waals surface area (Å²) in [5, 5.41) is 0. The van der Waals surface area contributed by atoms with Crippen molar-refractivity contribution in [2.75, 3.05) is 0 Å². The summed E-state index contributed by atoms with van der Waals surface area (Å²) < 4.78 is 0. The average Bonchev–Trinajstić information content (AvgIpc) is 3.00. The zero-order valence-corrected chi connectivity index (χ0v) is 51.2. The van der Waals surface area contributed by atoms with E-state index in [1.54, 1.807) is 0 Å². The quantitative estimate of drug-likeness (QED) is 0.113. The Hall–Kier alpha value is -12.6. The molecule has 15 aromatic rings. The van der Waals surface area contributed by atoms with Crippen LogP contribution in [0.15, 0.2) is 304 Å². The van der Waals surface area contributed by atoms with Crippen molar-refractivity contribution in [3.63, 3.8) is 0 Å². The van der Waals surface area contributed by atoms with E-state index in [9.17, 15) is 0 Å². The van der Waals surface area contributed by atoms with Crippen molar-refractivity contribution in [2.24, 2.45) is 0 Å². The van der Waals surface area contributed by atoms with Gasteiger partial charge in [0.2, 0.25) is 0 Å². The van der Waals surface area contributed by atoms with E-state index in [0.717, 1.165) is 78.1 Å². The van der Waals surface area contributed by atoms with Gasteiger partial charge in [-0.25, -0.2) is 64.8 Å². The molecule has 444 valence electrons. The van der Waals surface area contributed by atoms with Crippen LogP contribution in [0.1, 0.15) is 17.5 Å². The van der Waals surface area contributed by atoms with Crippen molar-refractivity contribution in [1.29, 1.82) is 0 Å². The third-order valence-corrected chi connectivity index (χ3v) is 15.1. The van der Waals surface area contributed by atoms with Crippen molar-refractivity contribution in [2.45, 2.75) is 20.8 Å². The Morgan fingerprint density at radius 1 is 0.140 bits per heavy atom. The Morgan fingerprint density at radius 2 is 0.290 bits per heavy atom. The van der Waals surface area contributed by atoms with Crippen LogP contribution in [0, 0.1) is 20.8 Å². The second-order valence-corrected chi connectivity index (χ2v) is 21.7. The molecule has 0 radical (unpaired) electrons. The molecule has 15 rings (SSSR count). The molecule has 0 atom stereocenters. The molecule has 0 aliphatic heterocycles. The van der Waals surface area contributed by atoms with Gasteiger partial charge in [-0.15, -0.1) is 0 Å². The van der Waals surface area contributed by atoms with E-state index in [2.05, 4.69) is 133 Å². The fourth-order valence-electron chi connectivity index (χ4n) is 10.3. The van der Waals surface area contributed by atoms with E-state index in [-0.39, 0.29) is 0 Å². The minimum Gasteiger partial charge on any atom is -0.236 e. The SMILES string of the molecule is Cc1nc(-c2ccccc2)nc(-c2ccc(-c3ccc(-c4ccccc4)cc3)cc2)n1.Cc1nc(-c2ccccc2)nc(-c2ccc(-c3cnc(-c4ccccc4)nc3)cc2)n1.Cc1nc(-c2ccccc2)nc(-c2ccc(-c3ncc(-c4ccccc4)cn3)cc2)n1. The maximum atomic E-state index is 4.70. The number of benzene rings is 10. The Labute approximate surface area is 539 Å². The fraction of sp³-hybridized carbons (Fsp3) is 0.0375. The van der Waals surface area contributed by atoms with Crippen LogP contribution in [0.3, 0.4) is 0 Å². The van der Waals surface area contributed by atoms with Gasteiger partial charge in [0.25, 0.3) is 0 Å². The normalized spacial score (nSPS) is 10.7. The van der Waals surface area contributed by atoms with Crippen LogP contribution in [-0.4, -0.2) is 64.8 Å². The first-order valence-electron chi connectivity index (χ1n) is 30.4. The Morgan fingerprint density at radius 3 is 0.527 bits per heavy atom. The number of hydrogen-bond donors (Lipinski definition) is 0. The van der Waals surface area contributed by atoms with Gasteiger partial charge in [0.05, 0.1) is 0 Å². The number of aryl methyl sites for hydroxylation is 3. The zero-order chi connectivity index (χ0) is 63.1. The van der Waals surface area contributed by atoms with E-state index >= 15 is 0 Å². The van der Waals surface area contributed by atoms with Crippen LogP contribution in [0.4, 0.5) is 0 Å². The molecule has 0 spiro atoms. The predicted molar refractivity (Wildman–Crippen MR) is 370 cm³/mol. The van der Waals surface area contributed by atoms with Gasteiger partial charge in [-0.05, 0) is 54.2 Å². The number of nitrogens with zero attached hydrogens (tertiary/aromatic N) is 13. The monoisotopic (exact) mass is 1200 g/mol. The highest BCUT2D eigenvalue weighted by molar-refractivity contribution is 5.74. The second-order valence-electron chi connectivity index (χ2n) is 21.7. The Kier molecular flexibility index (Phi) is 18.0. The summed E-state index contributed by atoms with van der Waals surface area (Å²) in [6.45, 7) is 5.67. The smallest absolute Gasteiger partial charge is 0.163 e. The lowest BCUT2D eigenvalue weighted by Crippen LogP contribution is -1.99. The van der Waals surface area contributed by atoms with Gasteiger partial charge < -0.3 is 0 Å². The topological polar surface area (TPSA) is 168 Å². The maximum absolute atomic E-state index is 4.70. The molecule has 0 amide bonds. The number of rotatable bonds is 12. The lowest BCUT2D eigenvalue weighted by Gasteiger charge is -2.08. The van der Waals surface area contributed by atoms with Crippen molar-refractivity contribution < 1.29 is 0 Å². The number of hydrogen-bond acceptors (Lipinski definition) is 13. The molecule has 10 aromatic carbocycles. The molecule has 0 fully saturated rings. The summed E-state index contributed by atoms with van der Waals surface area (Å²) in [4.78, 5) is 59.3. The largest absolute Gasteiger partial charge is 0.236 e. The second kappa shape index (κ2) is 28.3. The molecule has 0 aliphatic rings. The molecule has 0 bridgehead atoms. The van der Waals surface area contributed by atoms with Gasteiger partial charge in [0, 0.05) is 80.4 Å². The van der Waals surface area contributed by atoms with Gasteiger partial charge in [-0.3, -0.25) is 0 Å². The van der Waals surface area contributed by atoms with Crippen LogP contribution in [0.5, 0.6) is 0 Å². The summed E-state index contributed by atoms with van der Waals surface area (Å²) in [7, 11) is 0. The van der Waals surface area contributed by atoms with Crippen molar-refractivity contribution in [3.05, 3.63) is 321 Å². The molecule has 0 N–H and O–H groups in total. The average molecular weight is 1200 g/mol. The van der Waals surface area contributed by atoms with Crippen LogP contribution in [-0.2, 0) is 0 Å². The van der Waals surface area contributed by atoms with E-state index in [4.69, 9.17) is 4.98 Å². The van der Waals surface area contributed by atoms with Gasteiger partial charge in [-0.2, -0.15) is 0 Å². The van der Waals surface area contributed by atoms with Crippen molar-refractivity contribution in [3.8, 4) is 136 Å². The third-order valence-electron chi connectivity index (χ3n) is 15.1. The minimum atomic E-state index is 0.651. The molecule has 0 saturated heterocycles. The van der Waals surface area contributed by atoms with Crippen LogP contribution in [0.2, 0.25) is 0 Å². The molecule has 13 heteroatoms. The van der Waals surface area contributed by atoms with Gasteiger partial charge in [0.15, 0.2) is 46.6 Å². The molecule has 0 aliphatic carbocycles. The van der Waals surface area contributed by atoms with Gasteiger partial charge in [0.1, 0.15) is 17.5 Å². The van der Waals surface area contributed by atoms with Crippen LogP contribution >= 0.6 is 0 Å². The van der Waals surface area contributed by atoms with Crippen molar-refractivity contribution in [1.82, 2.24) is 64.8 Å². The van der Waals surface area contributed by atoms with Crippen LogP contribution in [0.25, 0.3) is 136 Å². The molecule has 13 nitrogen and oxygen atoms in total. The highest BCUT2D eigenvalue weighted by Gasteiger charge is 2.14. The van der Waals surface area contributed by atoms with E-state index < -0.39 is 0 Å². The molecule has 5 aromatic heterocycles. The van der Waals surface area contributed by atoms with E-state index in [0.29, 0.717) is 58.2 Å². The summed E-state index contributed by atoms with van der Waals surface area (Å²) in [6.07, 6.45) is 7.41. The maximum Gasteiger partial charge on any atom is 0.163 e. The first-order chi connectivity index (χ1) is 45.8. The zero-order valence-electron chi connectivity index (χ0n) is 51.2. The highest BCUT2D eigenvalue weighted by atomic mass is 15.0. The lowest BCUT2D eigenvalue weighted by atomic mass is 9.99. The minimum absolute atomic E-state index is 0.651. The molecular formula is C80H59N13. The van der Waals surface area contributed by atoms with E-state index in [1.165, 1.54) is 16.7 Å². The fourth-order valence-corrected chi connectivity index (χ4v) is 10.3. The third kappa shape index (κ3) is 14.8. The Bertz CT molecular complexity index is 4400. The van der Waals surface area contributed by atoms with Crippen LogP contribution < -0.4 is 0 Å². The summed E-state index contributed by atoms with van der Waals surface area (Å²) >= 11 is 0. The van der Waals surface area contributed by atoms with Gasteiger partial charge in [-0.1, -0.05) is 279 Å². The first kappa shape index (κ1) is 59.4. The first-order valence-corrected chi connectivity index (χ1v) is 30.4. The summed E-state index contributed by atoms with van der Waals surface area (Å²) in [5.74, 6) is 7.55. The standard InChI is InChI=1S/C28H21N3.2C26H19N5/c1-20-29-27(25-10-6-3-7-11-25)31-28(30-20)26-18-16-24(17-19-26)23-14-12-22(13-15-23)21-8-4-2-5-9-21;1-18-29-25(21-10-6-3-7-11-21)31-26(30-18)22-14-12-19(13-15-22)23-16-27-24(28-17-23)20-8-4-2-5-9-20;1-18-29-25(20-10-6-3-7-11-20)31-26(30-18)22-14-12-21(13-15-22)24-27-16-23(17-28-24)19-8-4-2-5-9-19/h2-19H,1H3;2*2-17H,1H3. The molecule has 0 unspecified atom stereocenters. The van der Waals surface area contributed by atoms with Crippen molar-refractivity contribution >= 4 is 0 Å². The molecule has 93 heavy (non-hydrogen) atoms. The Balaban J connectivity index is 0.000000127. The summed E-state index contributed by atoms with van der Waals surface area (Å²) in [5.41, 5.74) is 16.6. The molecule has 0 saturated carbocycles. The predicted octanol–water partition coefficient (Wildman–Crippen LogP) is 18.1. The lowest BCUT2D eigenvalue weighted by molar-refractivity contribution is 0.991. The highest BCUT2D eigenvalue weighted by Crippen LogP contribution is 2.30. The number of aromatic nitrogens is 13.